The van der Waals surface area contributed by atoms with Crippen molar-refractivity contribution in [3.05, 3.63) is 60.2 Å². The van der Waals surface area contributed by atoms with Gasteiger partial charge in [-0.3, -0.25) is 10.3 Å². The maximum Gasteiger partial charge on any atom is 0.175 e. The fourth-order valence-electron chi connectivity index (χ4n) is 2.84. The lowest BCUT2D eigenvalue weighted by Crippen LogP contribution is -2.33. The first-order valence-corrected chi connectivity index (χ1v) is 10.3. The zero-order valence-electron chi connectivity index (χ0n) is 14.4. The molecule has 5 nitrogen and oxygen atoms in total. The van der Waals surface area contributed by atoms with Crippen LogP contribution in [-0.2, 0) is 16.4 Å². The second kappa shape index (κ2) is 7.80. The van der Waals surface area contributed by atoms with Gasteiger partial charge >= 0.3 is 0 Å². The number of nitrogens with zero attached hydrogens (tertiary/aromatic N) is 2. The molecule has 6 heteroatoms. The van der Waals surface area contributed by atoms with Gasteiger partial charge in [0.25, 0.3) is 0 Å². The standard InChI is InChI=1S/C19H23N3O2S/c1-25(23,24)19-9-7-17(8-10-19)20-21-18-11-13-22(14-12-18)15-16-5-3-2-4-6-16/h2-10,20H,11-15H2,1H3. The molecule has 0 saturated carbocycles. The molecule has 2 aromatic rings. The third-order valence-corrected chi connectivity index (χ3v) is 5.44. The second-order valence-corrected chi connectivity index (χ2v) is 8.36. The number of sulfone groups is 1. The van der Waals surface area contributed by atoms with Crippen molar-refractivity contribution < 1.29 is 8.42 Å². The van der Waals surface area contributed by atoms with E-state index in [9.17, 15) is 8.42 Å². The first-order chi connectivity index (χ1) is 12.0. The molecule has 3 rings (SSSR count). The molecule has 0 bridgehead atoms. The van der Waals surface area contributed by atoms with Gasteiger partial charge in [0.05, 0.1) is 10.6 Å². The average Bonchev–Trinajstić information content (AvgIpc) is 2.62. The van der Waals surface area contributed by atoms with E-state index in [2.05, 4.69) is 39.7 Å². The normalized spacial score (nSPS) is 15.8. The molecule has 0 aromatic heterocycles. The Balaban J connectivity index is 1.51. The zero-order valence-corrected chi connectivity index (χ0v) is 15.2. The number of piperidine rings is 1. The summed E-state index contributed by atoms with van der Waals surface area (Å²) in [5.74, 6) is 0. The fourth-order valence-corrected chi connectivity index (χ4v) is 3.47. The van der Waals surface area contributed by atoms with Gasteiger partial charge in [0.1, 0.15) is 0 Å². The van der Waals surface area contributed by atoms with Crippen molar-refractivity contribution in [2.45, 2.75) is 24.3 Å². The Morgan fingerprint density at radius 3 is 2.24 bits per heavy atom. The Morgan fingerprint density at radius 1 is 1.00 bits per heavy atom. The molecule has 1 saturated heterocycles. The van der Waals surface area contributed by atoms with E-state index in [1.807, 2.05) is 6.07 Å². The summed E-state index contributed by atoms with van der Waals surface area (Å²) in [6.45, 7) is 2.99. The predicted molar refractivity (Wildman–Crippen MR) is 102 cm³/mol. The molecule has 1 fully saturated rings. The Hall–Kier alpha value is -2.18. The van der Waals surface area contributed by atoms with Gasteiger partial charge in [-0.15, -0.1) is 0 Å². The molecule has 0 amide bonds. The van der Waals surface area contributed by atoms with Crippen molar-refractivity contribution in [2.24, 2.45) is 5.10 Å². The van der Waals surface area contributed by atoms with Gasteiger partial charge in [0.15, 0.2) is 9.84 Å². The molecule has 0 unspecified atom stereocenters. The predicted octanol–water partition coefficient (Wildman–Crippen LogP) is 3.15. The summed E-state index contributed by atoms with van der Waals surface area (Å²) < 4.78 is 22.9. The molecule has 1 aliphatic heterocycles. The Morgan fingerprint density at radius 2 is 1.64 bits per heavy atom. The van der Waals surface area contributed by atoms with Crippen LogP contribution in [0.15, 0.2) is 64.6 Å². The number of hydrogen-bond acceptors (Lipinski definition) is 5. The van der Waals surface area contributed by atoms with Crippen LogP contribution >= 0.6 is 0 Å². The van der Waals surface area contributed by atoms with Gasteiger partial charge in [-0.1, -0.05) is 30.3 Å². The molecule has 0 atom stereocenters. The first kappa shape index (κ1) is 17.6. The Kier molecular flexibility index (Phi) is 5.50. The smallest absolute Gasteiger partial charge is 0.175 e. The van der Waals surface area contributed by atoms with Crippen molar-refractivity contribution in [3.8, 4) is 0 Å². The summed E-state index contributed by atoms with van der Waals surface area (Å²) in [4.78, 5) is 2.76. The number of likely N-dealkylation sites (tertiary alicyclic amines) is 1. The summed E-state index contributed by atoms with van der Waals surface area (Å²) in [5, 5.41) is 4.48. The van der Waals surface area contributed by atoms with Gasteiger partial charge in [-0.2, -0.15) is 5.10 Å². The molecule has 0 spiro atoms. The summed E-state index contributed by atoms with van der Waals surface area (Å²) in [6, 6.07) is 17.2. The van der Waals surface area contributed by atoms with Gasteiger partial charge in [-0.25, -0.2) is 8.42 Å². The molecule has 2 aromatic carbocycles. The van der Waals surface area contributed by atoms with E-state index in [1.54, 1.807) is 24.3 Å². The first-order valence-electron chi connectivity index (χ1n) is 8.38. The lowest BCUT2D eigenvalue weighted by atomic mass is 10.1. The van der Waals surface area contributed by atoms with Crippen molar-refractivity contribution in [1.29, 1.82) is 0 Å². The van der Waals surface area contributed by atoms with E-state index in [1.165, 1.54) is 11.8 Å². The summed E-state index contributed by atoms with van der Waals surface area (Å²) >= 11 is 0. The number of rotatable bonds is 5. The summed E-state index contributed by atoms with van der Waals surface area (Å²) in [7, 11) is -3.16. The largest absolute Gasteiger partial charge is 0.298 e. The van der Waals surface area contributed by atoms with E-state index in [-0.39, 0.29) is 0 Å². The summed E-state index contributed by atoms with van der Waals surface area (Å²) in [5.41, 5.74) is 6.32. The maximum atomic E-state index is 11.5. The van der Waals surface area contributed by atoms with Crippen LogP contribution in [0.2, 0.25) is 0 Å². The van der Waals surface area contributed by atoms with E-state index in [0.717, 1.165) is 43.9 Å². The highest BCUT2D eigenvalue weighted by Gasteiger charge is 2.15. The van der Waals surface area contributed by atoms with Crippen LogP contribution in [0.25, 0.3) is 0 Å². The number of hydrazone groups is 1. The number of anilines is 1. The molecule has 0 radical (unpaired) electrons. The van der Waals surface area contributed by atoms with Gasteiger partial charge < -0.3 is 0 Å². The SMILES string of the molecule is CS(=O)(=O)c1ccc(NN=C2CCN(Cc3ccccc3)CC2)cc1. The van der Waals surface area contributed by atoms with Crippen molar-refractivity contribution in [2.75, 3.05) is 24.8 Å². The minimum atomic E-state index is -3.16. The molecule has 0 aliphatic carbocycles. The van der Waals surface area contributed by atoms with Crippen molar-refractivity contribution in [3.63, 3.8) is 0 Å². The maximum absolute atomic E-state index is 11.5. The van der Waals surface area contributed by atoms with Crippen LogP contribution in [-0.4, -0.2) is 38.4 Å². The van der Waals surface area contributed by atoms with Crippen molar-refractivity contribution >= 4 is 21.2 Å². The lowest BCUT2D eigenvalue weighted by molar-refractivity contribution is 0.266. The van der Waals surface area contributed by atoms with E-state index in [4.69, 9.17) is 0 Å². The van der Waals surface area contributed by atoms with Gasteiger partial charge in [0, 0.05) is 44.4 Å². The van der Waals surface area contributed by atoms with E-state index >= 15 is 0 Å². The van der Waals surface area contributed by atoms with Crippen molar-refractivity contribution in [1.82, 2.24) is 4.90 Å². The van der Waals surface area contributed by atoms with Crippen LogP contribution in [0.3, 0.4) is 0 Å². The molecule has 1 heterocycles. The van der Waals surface area contributed by atoms with Gasteiger partial charge in [-0.05, 0) is 29.8 Å². The quantitative estimate of drug-likeness (QED) is 0.835. The fraction of sp³-hybridized carbons (Fsp3) is 0.316. The minimum Gasteiger partial charge on any atom is -0.298 e. The minimum absolute atomic E-state index is 0.319. The number of benzene rings is 2. The third-order valence-electron chi connectivity index (χ3n) is 4.31. The Bertz CT molecular complexity index is 821. The topological polar surface area (TPSA) is 61.8 Å². The number of nitrogens with one attached hydrogen (secondary N) is 1. The van der Waals surface area contributed by atoms with Crippen LogP contribution in [0, 0.1) is 0 Å². The van der Waals surface area contributed by atoms with E-state index in [0.29, 0.717) is 4.90 Å². The second-order valence-electron chi connectivity index (χ2n) is 6.35. The highest BCUT2D eigenvalue weighted by molar-refractivity contribution is 7.90. The van der Waals surface area contributed by atoms with Crippen LogP contribution in [0.1, 0.15) is 18.4 Å². The highest BCUT2D eigenvalue weighted by atomic mass is 32.2. The van der Waals surface area contributed by atoms with Gasteiger partial charge in [0.2, 0.25) is 0 Å². The lowest BCUT2D eigenvalue weighted by Gasteiger charge is -2.27. The van der Waals surface area contributed by atoms with Crippen LogP contribution in [0.4, 0.5) is 5.69 Å². The monoisotopic (exact) mass is 357 g/mol. The highest BCUT2D eigenvalue weighted by Crippen LogP contribution is 2.15. The zero-order chi connectivity index (χ0) is 17.7. The number of hydrogen-bond donors (Lipinski definition) is 1. The molecular weight excluding hydrogens is 334 g/mol. The Labute approximate surface area is 149 Å². The van der Waals surface area contributed by atoms with Crippen LogP contribution < -0.4 is 5.43 Å². The average molecular weight is 357 g/mol. The van der Waals surface area contributed by atoms with E-state index < -0.39 is 9.84 Å². The summed E-state index contributed by atoms with van der Waals surface area (Å²) in [6.07, 6.45) is 3.10. The van der Waals surface area contributed by atoms with Crippen LogP contribution in [0.5, 0.6) is 0 Å². The molecule has 1 aliphatic rings. The third kappa shape index (κ3) is 5.14. The molecule has 25 heavy (non-hydrogen) atoms. The molecular formula is C19H23N3O2S. The molecule has 1 N–H and O–H groups in total. The molecule has 132 valence electrons.